The summed E-state index contributed by atoms with van der Waals surface area (Å²) in [6.07, 6.45) is 1.53. The van der Waals surface area contributed by atoms with Crippen LogP contribution in [0.2, 0.25) is 5.15 Å². The van der Waals surface area contributed by atoms with Gasteiger partial charge in [-0.1, -0.05) is 18.5 Å². The van der Waals surface area contributed by atoms with Crippen molar-refractivity contribution in [3.63, 3.8) is 0 Å². The van der Waals surface area contributed by atoms with Crippen LogP contribution in [0.15, 0.2) is 23.4 Å². The minimum Gasteiger partial charge on any atom is -0.236 e. The van der Waals surface area contributed by atoms with Gasteiger partial charge in [-0.2, -0.15) is 5.10 Å². The van der Waals surface area contributed by atoms with Gasteiger partial charge in [0.2, 0.25) is 0 Å². The Morgan fingerprint density at radius 1 is 1.60 bits per heavy atom. The molecule has 0 fully saturated rings. The van der Waals surface area contributed by atoms with Crippen LogP contribution in [0.4, 0.5) is 0 Å². The van der Waals surface area contributed by atoms with Gasteiger partial charge < -0.3 is 0 Å². The maximum absolute atomic E-state index is 11.7. The van der Waals surface area contributed by atoms with E-state index in [9.17, 15) is 4.21 Å². The van der Waals surface area contributed by atoms with Crippen molar-refractivity contribution in [2.45, 2.75) is 11.9 Å². The van der Waals surface area contributed by atoms with Gasteiger partial charge in [-0.25, -0.2) is 18.4 Å². The van der Waals surface area contributed by atoms with Crippen LogP contribution in [0.25, 0.3) is 5.65 Å². The van der Waals surface area contributed by atoms with E-state index in [1.54, 1.807) is 12.1 Å². The van der Waals surface area contributed by atoms with Gasteiger partial charge in [-0.3, -0.25) is 0 Å². The molecule has 2 aromatic rings. The molecule has 0 aliphatic carbocycles. The summed E-state index contributed by atoms with van der Waals surface area (Å²) in [5.74, 6) is 0. The molecule has 0 aliphatic rings. The molecule has 80 valence electrons. The lowest BCUT2D eigenvalue weighted by molar-refractivity contribution is 0.666. The molecule has 1 unspecified atom stereocenters. The Kier molecular flexibility index (Phi) is 2.99. The molecule has 2 heterocycles. The number of nitrogens with one attached hydrogen (secondary N) is 1. The molecule has 0 radical (unpaired) electrons. The second-order valence-corrected chi connectivity index (χ2v) is 4.42. The van der Waals surface area contributed by atoms with Crippen LogP contribution in [0.3, 0.4) is 0 Å². The molecule has 1 atom stereocenters. The number of fused-ring (bicyclic) bond motifs is 1. The Balaban J connectivity index is 2.52. The fourth-order valence-corrected chi connectivity index (χ4v) is 2.15. The smallest absolute Gasteiger partial charge is 0.165 e. The molecule has 0 amide bonds. The standard InChI is InChI=1S/C8H9ClN4OS/c1-2-11-15(14)8-5-10-7-4-3-6(9)12-13(7)8/h3-5,11H,2H2,1H3. The van der Waals surface area contributed by atoms with Gasteiger partial charge in [0.15, 0.2) is 10.7 Å². The number of halogens is 1. The van der Waals surface area contributed by atoms with Crippen LogP contribution in [0.1, 0.15) is 6.92 Å². The van der Waals surface area contributed by atoms with E-state index in [2.05, 4.69) is 14.8 Å². The van der Waals surface area contributed by atoms with Gasteiger partial charge in [0.05, 0.1) is 6.20 Å². The number of rotatable bonds is 3. The first-order valence-electron chi connectivity index (χ1n) is 4.38. The molecular weight excluding hydrogens is 236 g/mol. The van der Waals surface area contributed by atoms with Crippen molar-refractivity contribution in [3.05, 3.63) is 23.5 Å². The number of hydrogen-bond donors (Lipinski definition) is 1. The molecule has 0 saturated carbocycles. The zero-order chi connectivity index (χ0) is 10.8. The van der Waals surface area contributed by atoms with Crippen molar-refractivity contribution in [2.75, 3.05) is 6.54 Å². The van der Waals surface area contributed by atoms with E-state index < -0.39 is 11.0 Å². The first kappa shape index (κ1) is 10.5. The maximum atomic E-state index is 11.7. The van der Waals surface area contributed by atoms with Gasteiger partial charge >= 0.3 is 0 Å². The van der Waals surface area contributed by atoms with E-state index in [1.807, 2.05) is 6.92 Å². The zero-order valence-corrected chi connectivity index (χ0v) is 9.55. The van der Waals surface area contributed by atoms with Crippen molar-refractivity contribution in [2.24, 2.45) is 0 Å². The van der Waals surface area contributed by atoms with Crippen LogP contribution in [0, 0.1) is 0 Å². The molecule has 0 bridgehead atoms. The van der Waals surface area contributed by atoms with Gasteiger partial charge in [-0.15, -0.1) is 0 Å². The molecule has 15 heavy (non-hydrogen) atoms. The molecule has 0 spiro atoms. The lowest BCUT2D eigenvalue weighted by Crippen LogP contribution is -2.18. The summed E-state index contributed by atoms with van der Waals surface area (Å²) < 4.78 is 15.9. The van der Waals surface area contributed by atoms with E-state index in [1.165, 1.54) is 10.7 Å². The molecule has 5 nitrogen and oxygen atoms in total. The predicted octanol–water partition coefficient (Wildman–Crippen LogP) is 1.01. The van der Waals surface area contributed by atoms with E-state index in [0.29, 0.717) is 22.4 Å². The summed E-state index contributed by atoms with van der Waals surface area (Å²) >= 11 is 5.75. The highest BCUT2D eigenvalue weighted by Crippen LogP contribution is 2.11. The normalized spacial score (nSPS) is 13.2. The third kappa shape index (κ3) is 2.01. The van der Waals surface area contributed by atoms with E-state index in [0.717, 1.165) is 0 Å². The van der Waals surface area contributed by atoms with Crippen molar-refractivity contribution in [3.8, 4) is 0 Å². The Bertz CT molecular complexity index is 512. The zero-order valence-electron chi connectivity index (χ0n) is 7.98. The van der Waals surface area contributed by atoms with Crippen molar-refractivity contribution < 1.29 is 4.21 Å². The van der Waals surface area contributed by atoms with Gasteiger partial charge in [-0.05, 0) is 12.1 Å². The van der Waals surface area contributed by atoms with Crippen LogP contribution in [-0.4, -0.2) is 25.4 Å². The van der Waals surface area contributed by atoms with E-state index in [-0.39, 0.29) is 0 Å². The van der Waals surface area contributed by atoms with E-state index >= 15 is 0 Å². The van der Waals surface area contributed by atoms with Crippen LogP contribution in [-0.2, 0) is 11.0 Å². The van der Waals surface area contributed by atoms with Crippen LogP contribution in [0.5, 0.6) is 0 Å². The number of nitrogens with zero attached hydrogens (tertiary/aromatic N) is 3. The van der Waals surface area contributed by atoms with Crippen molar-refractivity contribution >= 4 is 28.2 Å². The molecule has 0 aromatic carbocycles. The minimum absolute atomic E-state index is 0.343. The summed E-state index contributed by atoms with van der Waals surface area (Å²) in [7, 11) is -1.31. The summed E-state index contributed by atoms with van der Waals surface area (Å²) in [4.78, 5) is 4.07. The third-order valence-corrected chi connectivity index (χ3v) is 3.17. The predicted molar refractivity (Wildman–Crippen MR) is 58.1 cm³/mol. The van der Waals surface area contributed by atoms with Crippen molar-refractivity contribution in [1.82, 2.24) is 19.3 Å². The second kappa shape index (κ2) is 4.26. The number of hydrogen-bond acceptors (Lipinski definition) is 3. The van der Waals surface area contributed by atoms with E-state index in [4.69, 9.17) is 11.6 Å². The van der Waals surface area contributed by atoms with Crippen LogP contribution < -0.4 is 4.72 Å². The molecule has 2 rings (SSSR count). The maximum Gasteiger partial charge on any atom is 0.165 e. The summed E-state index contributed by atoms with van der Waals surface area (Å²) in [5, 5.41) is 4.86. The first-order chi connectivity index (χ1) is 7.22. The summed E-state index contributed by atoms with van der Waals surface area (Å²) in [6.45, 7) is 2.49. The fourth-order valence-electron chi connectivity index (χ4n) is 1.16. The van der Waals surface area contributed by atoms with Crippen LogP contribution >= 0.6 is 11.6 Å². The quantitative estimate of drug-likeness (QED) is 0.877. The van der Waals surface area contributed by atoms with Gasteiger partial charge in [0.25, 0.3) is 0 Å². The molecule has 7 heteroatoms. The van der Waals surface area contributed by atoms with Gasteiger partial charge in [0, 0.05) is 6.54 Å². The molecule has 2 aromatic heterocycles. The largest absolute Gasteiger partial charge is 0.236 e. The summed E-state index contributed by atoms with van der Waals surface area (Å²) in [6, 6.07) is 3.37. The Hall–Kier alpha value is -0.980. The number of imidazole rings is 1. The Morgan fingerprint density at radius 2 is 2.40 bits per heavy atom. The number of aromatic nitrogens is 3. The summed E-state index contributed by atoms with van der Waals surface area (Å²) in [5.41, 5.74) is 0.626. The Morgan fingerprint density at radius 3 is 3.13 bits per heavy atom. The fraction of sp³-hybridized carbons (Fsp3) is 0.250. The van der Waals surface area contributed by atoms with Gasteiger partial charge in [0.1, 0.15) is 16.1 Å². The topological polar surface area (TPSA) is 59.3 Å². The molecule has 0 aliphatic heterocycles. The monoisotopic (exact) mass is 244 g/mol. The molecule has 0 saturated heterocycles. The highest BCUT2D eigenvalue weighted by molar-refractivity contribution is 7.83. The van der Waals surface area contributed by atoms with Crippen molar-refractivity contribution in [1.29, 1.82) is 0 Å². The third-order valence-electron chi connectivity index (χ3n) is 1.76. The highest BCUT2D eigenvalue weighted by atomic mass is 35.5. The molecular formula is C8H9ClN4OS. The molecule has 1 N–H and O–H groups in total. The second-order valence-electron chi connectivity index (χ2n) is 2.79. The average molecular weight is 245 g/mol. The lowest BCUT2D eigenvalue weighted by atomic mass is 10.6. The highest BCUT2D eigenvalue weighted by Gasteiger charge is 2.10. The average Bonchev–Trinajstić information content (AvgIpc) is 2.60. The lowest BCUT2D eigenvalue weighted by Gasteiger charge is -2.00. The SMILES string of the molecule is CCNS(=O)c1cnc2ccc(Cl)nn12. The Labute approximate surface area is 94.0 Å². The minimum atomic E-state index is -1.31. The first-order valence-corrected chi connectivity index (χ1v) is 5.90.